The molecule has 0 bridgehead atoms. The fourth-order valence-electron chi connectivity index (χ4n) is 20.3. The van der Waals surface area contributed by atoms with Crippen molar-refractivity contribution in [3.63, 3.8) is 0 Å². The molecule has 0 spiro atoms. The highest BCUT2D eigenvalue weighted by Crippen LogP contribution is 2.49. The Hall–Kier alpha value is -17.0. The van der Waals surface area contributed by atoms with E-state index < -0.39 is 0 Å². The standard InChI is InChI=1S/C59H34N4.C58H33N3/c60-35-42-20-24-54-58-50(42)21-22-51-49(23-25-55(59(51)58)63(54)48-8-2-1-3-9-48)37-14-12-36(13-15-37)43-28-38-16-18-40-30-44(31-41-19-17-39(29-43)56(38)57(40)41)45-32-46(52-10-4-6-26-61-52)34-47(33-45)53-11-5-7-27-62-53;59-34-44-23-27-52-56-49(44)24-25-51-48(26-28-53(57(51)56)61(52)47-8-2-1-3-9-47)37-15-11-35(12-16-37)45-30-40-19-21-42-32-46(33-43-22-20-41(31-45)54(40)55(42)43)36-13-17-38(18-14-36)50-10-4-6-39-7-5-29-60-58(39)50/h1-34H;1-33H. The van der Waals surface area contributed by atoms with Gasteiger partial charge in [0.05, 0.1) is 62.2 Å². The van der Waals surface area contributed by atoms with E-state index in [0.717, 1.165) is 111 Å². The van der Waals surface area contributed by atoms with Crippen molar-refractivity contribution in [1.29, 1.82) is 10.5 Å². The van der Waals surface area contributed by atoms with E-state index in [9.17, 15) is 10.5 Å². The van der Waals surface area contributed by atoms with Crippen LogP contribution in [-0.4, -0.2) is 24.1 Å². The Morgan fingerprint density at radius 1 is 0.194 bits per heavy atom. The van der Waals surface area contributed by atoms with Crippen molar-refractivity contribution in [3.05, 3.63) is 418 Å². The van der Waals surface area contributed by atoms with Gasteiger partial charge in [0.1, 0.15) is 0 Å². The lowest BCUT2D eigenvalue weighted by atomic mass is 9.88. The Kier molecular flexibility index (Phi) is 15.7. The number of nitriles is 2. The van der Waals surface area contributed by atoms with E-state index in [1.165, 1.54) is 142 Å². The van der Waals surface area contributed by atoms with Crippen molar-refractivity contribution in [3.8, 4) is 124 Å². The molecule has 7 heteroatoms. The van der Waals surface area contributed by atoms with Gasteiger partial charge in [-0.15, -0.1) is 0 Å². The molecule has 570 valence electrons. The summed E-state index contributed by atoms with van der Waals surface area (Å²) in [6, 6.07) is 145. The summed E-state index contributed by atoms with van der Waals surface area (Å²) >= 11 is 0. The van der Waals surface area contributed by atoms with Gasteiger partial charge in [0.2, 0.25) is 0 Å². The van der Waals surface area contributed by atoms with Crippen molar-refractivity contribution in [1.82, 2.24) is 24.1 Å². The summed E-state index contributed by atoms with van der Waals surface area (Å²) in [7, 11) is 0. The zero-order valence-electron chi connectivity index (χ0n) is 66.8. The van der Waals surface area contributed by atoms with Crippen LogP contribution in [-0.2, 0) is 0 Å². The quantitative estimate of drug-likeness (QED) is 0.120. The number of fused-ring (bicyclic) bond motifs is 1. The summed E-state index contributed by atoms with van der Waals surface area (Å²) in [5.74, 6) is 0. The maximum atomic E-state index is 10.0. The second kappa shape index (κ2) is 27.8. The van der Waals surface area contributed by atoms with Gasteiger partial charge in [-0.25, -0.2) is 0 Å². The third-order valence-electron chi connectivity index (χ3n) is 25.9. The van der Waals surface area contributed by atoms with Crippen LogP contribution < -0.4 is 0 Å². The first-order chi connectivity index (χ1) is 61.3. The Labute approximate surface area is 712 Å². The van der Waals surface area contributed by atoms with Gasteiger partial charge in [0, 0.05) is 84.4 Å². The van der Waals surface area contributed by atoms with Crippen molar-refractivity contribution >= 4 is 141 Å². The molecular formula is C117H67N7. The van der Waals surface area contributed by atoms with E-state index in [0.29, 0.717) is 11.1 Å². The Bertz CT molecular complexity index is 8690. The van der Waals surface area contributed by atoms with Gasteiger partial charge in [-0.2, -0.15) is 10.5 Å². The number of pyridine rings is 3. The van der Waals surface area contributed by atoms with E-state index in [2.05, 4.69) is 360 Å². The van der Waals surface area contributed by atoms with Crippen molar-refractivity contribution in [2.75, 3.05) is 0 Å². The van der Waals surface area contributed by atoms with Crippen LogP contribution in [0.4, 0.5) is 0 Å². The molecule has 0 aliphatic rings. The third kappa shape index (κ3) is 11.1. The van der Waals surface area contributed by atoms with E-state index in [1.807, 2.05) is 73.2 Å². The van der Waals surface area contributed by atoms with Crippen LogP contribution in [0.2, 0.25) is 0 Å². The topological polar surface area (TPSA) is 96.1 Å². The molecule has 0 fully saturated rings. The fourth-order valence-corrected chi connectivity index (χ4v) is 20.3. The van der Waals surface area contributed by atoms with Crippen molar-refractivity contribution < 1.29 is 0 Å². The zero-order valence-corrected chi connectivity index (χ0v) is 66.8. The molecule has 7 nitrogen and oxygen atoms in total. The average Bonchev–Trinajstić information content (AvgIpc) is 1.54. The summed E-state index contributed by atoms with van der Waals surface area (Å²) in [6.07, 6.45) is 5.56. The maximum absolute atomic E-state index is 10.0. The van der Waals surface area contributed by atoms with Gasteiger partial charge >= 0.3 is 0 Å². The largest absolute Gasteiger partial charge is 0.309 e. The second-order valence-corrected chi connectivity index (χ2v) is 32.7. The first-order valence-electron chi connectivity index (χ1n) is 42.0. The van der Waals surface area contributed by atoms with Crippen LogP contribution in [0.3, 0.4) is 0 Å². The van der Waals surface area contributed by atoms with Crippen LogP contribution in [0.15, 0.2) is 407 Å². The molecule has 0 saturated carbocycles. The Morgan fingerprint density at radius 3 is 0.887 bits per heavy atom. The van der Waals surface area contributed by atoms with Crippen LogP contribution in [0.5, 0.6) is 0 Å². The first-order valence-corrected chi connectivity index (χ1v) is 42.0. The van der Waals surface area contributed by atoms with E-state index in [4.69, 9.17) is 9.97 Å². The van der Waals surface area contributed by atoms with Crippen LogP contribution in [0, 0.1) is 22.7 Å². The number of hydrogen-bond acceptors (Lipinski definition) is 5. The minimum atomic E-state index is 0.697. The van der Waals surface area contributed by atoms with Gasteiger partial charge < -0.3 is 9.13 Å². The maximum Gasteiger partial charge on any atom is 0.0998 e. The summed E-state index contributed by atoms with van der Waals surface area (Å²) in [4.78, 5) is 14.1. The number of benzene rings is 21. The molecule has 5 heterocycles. The predicted molar refractivity (Wildman–Crippen MR) is 516 cm³/mol. The van der Waals surface area contributed by atoms with Gasteiger partial charge in [-0.3, -0.25) is 15.0 Å². The summed E-state index contributed by atoms with van der Waals surface area (Å²) in [6.45, 7) is 0. The molecular weight excluding hydrogens is 1500 g/mol. The molecule has 0 radical (unpaired) electrons. The van der Waals surface area contributed by atoms with E-state index in [-0.39, 0.29) is 0 Å². The molecule has 0 N–H and O–H groups in total. The summed E-state index contributed by atoms with van der Waals surface area (Å²) in [5, 5.41) is 45.4. The number of rotatable bonds is 11. The van der Waals surface area contributed by atoms with Crippen molar-refractivity contribution in [2.24, 2.45) is 0 Å². The van der Waals surface area contributed by atoms with Crippen molar-refractivity contribution in [2.45, 2.75) is 0 Å². The molecule has 0 saturated heterocycles. The fraction of sp³-hybridized carbons (Fsp3) is 0. The lowest BCUT2D eigenvalue weighted by Crippen LogP contribution is -1.93. The highest BCUT2D eigenvalue weighted by atomic mass is 15.0. The number of para-hydroxylation sites is 3. The van der Waals surface area contributed by atoms with Gasteiger partial charge in [0.15, 0.2) is 0 Å². The van der Waals surface area contributed by atoms with Crippen LogP contribution >= 0.6 is 0 Å². The lowest BCUT2D eigenvalue weighted by molar-refractivity contribution is 1.18. The molecule has 0 unspecified atom stereocenters. The van der Waals surface area contributed by atoms with Gasteiger partial charge in [-0.05, 0) is 305 Å². The molecule has 26 aromatic rings. The van der Waals surface area contributed by atoms with Gasteiger partial charge in [0.25, 0.3) is 0 Å². The molecule has 5 aromatic heterocycles. The summed E-state index contributed by atoms with van der Waals surface area (Å²) in [5.41, 5.74) is 29.6. The molecule has 0 amide bonds. The lowest BCUT2D eigenvalue weighted by Gasteiger charge is -2.16. The predicted octanol–water partition coefficient (Wildman–Crippen LogP) is 30.6. The van der Waals surface area contributed by atoms with Crippen LogP contribution in [0.1, 0.15) is 11.1 Å². The molecule has 0 atom stereocenters. The number of aromatic nitrogens is 5. The Balaban J connectivity index is 0.000000136. The SMILES string of the molecule is N#Cc1ccc2c3c1ccc1c(-c4ccc(-c5cc6ccc7cc(-c8cc(-c9ccccn9)cc(-c9ccccn9)c8)cc8ccc(c5)c6c78)cc4)ccc(c13)n2-c1ccccc1.N#Cc1ccc2c3c1ccc1c(-c4ccc(-c5cc6ccc7cc(-c8ccc(-c9cccc%10cccnc9%10)cc8)cc8ccc(c5)c6c78)cc4)ccc(c13)n2-c1ccccc1. The average molecular weight is 1570 g/mol. The molecule has 26 rings (SSSR count). The minimum Gasteiger partial charge on any atom is -0.309 e. The Morgan fingerprint density at radius 2 is 0.508 bits per heavy atom. The zero-order chi connectivity index (χ0) is 81.8. The smallest absolute Gasteiger partial charge is 0.0998 e. The van der Waals surface area contributed by atoms with E-state index >= 15 is 0 Å². The molecule has 0 aliphatic carbocycles. The van der Waals surface area contributed by atoms with E-state index in [1.54, 1.807) is 0 Å². The van der Waals surface area contributed by atoms with Gasteiger partial charge in [-0.1, -0.05) is 231 Å². The second-order valence-electron chi connectivity index (χ2n) is 32.7. The highest BCUT2D eigenvalue weighted by Gasteiger charge is 2.25. The third-order valence-corrected chi connectivity index (χ3v) is 25.9. The highest BCUT2D eigenvalue weighted by molar-refractivity contribution is 6.30. The molecule has 0 aliphatic heterocycles. The minimum absolute atomic E-state index is 0.697. The first kappa shape index (κ1) is 70.1. The number of hydrogen-bond donors (Lipinski definition) is 0. The normalized spacial score (nSPS) is 11.9. The van der Waals surface area contributed by atoms with Crippen LogP contribution in [0.25, 0.3) is 252 Å². The molecule has 124 heavy (non-hydrogen) atoms. The summed E-state index contributed by atoms with van der Waals surface area (Å²) < 4.78 is 4.65. The number of nitrogens with zero attached hydrogens (tertiary/aromatic N) is 7. The molecule has 21 aromatic carbocycles. The monoisotopic (exact) mass is 1570 g/mol.